The molecular weight excluding hydrogens is 342 g/mol. The molecule has 0 bridgehead atoms. The van der Waals surface area contributed by atoms with Crippen molar-refractivity contribution in [3.8, 4) is 16.9 Å². The molecule has 0 saturated carbocycles. The minimum atomic E-state index is -0.0442. The zero-order valence-electron chi connectivity index (χ0n) is 15.4. The van der Waals surface area contributed by atoms with Gasteiger partial charge in [0.1, 0.15) is 29.5 Å². The van der Waals surface area contributed by atoms with E-state index >= 15 is 0 Å². The molecule has 0 aliphatic rings. The monoisotopic (exact) mass is 361 g/mol. The van der Waals surface area contributed by atoms with E-state index in [9.17, 15) is 4.79 Å². The molecule has 0 atom stereocenters. The second kappa shape index (κ2) is 6.76. The van der Waals surface area contributed by atoms with Crippen molar-refractivity contribution in [1.82, 2.24) is 5.16 Å². The molecule has 5 heteroatoms. The fraction of sp³-hybridized carbons (Fsp3) is 0.182. The van der Waals surface area contributed by atoms with Gasteiger partial charge in [0.15, 0.2) is 0 Å². The van der Waals surface area contributed by atoms with Crippen LogP contribution in [0, 0.1) is 20.8 Å². The molecule has 5 nitrogen and oxygen atoms in total. The van der Waals surface area contributed by atoms with Gasteiger partial charge in [-0.15, -0.1) is 0 Å². The summed E-state index contributed by atoms with van der Waals surface area (Å²) < 4.78 is 16.9. The molecule has 136 valence electrons. The maximum absolute atomic E-state index is 13.0. The number of aryl methyl sites for hydroxylation is 3. The summed E-state index contributed by atoms with van der Waals surface area (Å²) in [4.78, 5) is 13.0. The molecule has 0 aliphatic carbocycles. The topological polar surface area (TPSA) is 65.5 Å². The van der Waals surface area contributed by atoms with E-state index in [0.717, 1.165) is 22.6 Å². The van der Waals surface area contributed by atoms with Gasteiger partial charge in [-0.3, -0.25) is 4.79 Å². The molecule has 2 aromatic heterocycles. The van der Waals surface area contributed by atoms with Crippen LogP contribution in [0.1, 0.15) is 22.8 Å². The summed E-state index contributed by atoms with van der Waals surface area (Å²) in [7, 11) is 0. The number of rotatable bonds is 4. The molecular formula is C22H19NO4. The third-order valence-corrected chi connectivity index (χ3v) is 4.67. The highest BCUT2D eigenvalue weighted by Crippen LogP contribution is 2.27. The number of hydrogen-bond donors (Lipinski definition) is 0. The Morgan fingerprint density at radius 1 is 1.00 bits per heavy atom. The normalized spacial score (nSPS) is 11.1. The standard InChI is InChI=1S/C22H19NO4/c1-13-19(14(2)27-23-13)12-25-17-9-10-18-20(11-17)26-15(3)21(22(18)24)16-7-5-4-6-8-16/h4-11H,12H2,1-3H3. The van der Waals surface area contributed by atoms with Crippen molar-refractivity contribution in [3.05, 3.63) is 81.5 Å². The zero-order chi connectivity index (χ0) is 19.0. The lowest BCUT2D eigenvalue weighted by Gasteiger charge is -2.09. The van der Waals surface area contributed by atoms with E-state index in [1.54, 1.807) is 25.1 Å². The number of fused-ring (bicyclic) bond motifs is 1. The molecule has 0 spiro atoms. The molecule has 2 heterocycles. The number of ether oxygens (including phenoxy) is 1. The molecule has 27 heavy (non-hydrogen) atoms. The van der Waals surface area contributed by atoms with E-state index in [0.29, 0.717) is 34.6 Å². The fourth-order valence-electron chi connectivity index (χ4n) is 3.18. The van der Waals surface area contributed by atoms with E-state index in [2.05, 4.69) is 5.16 Å². The van der Waals surface area contributed by atoms with Crippen LogP contribution in [0.5, 0.6) is 5.75 Å². The third kappa shape index (κ3) is 3.12. The summed E-state index contributed by atoms with van der Waals surface area (Å²) in [6.07, 6.45) is 0. The van der Waals surface area contributed by atoms with Crippen LogP contribution in [0.3, 0.4) is 0 Å². The third-order valence-electron chi connectivity index (χ3n) is 4.67. The van der Waals surface area contributed by atoms with Crippen LogP contribution in [0.2, 0.25) is 0 Å². The summed E-state index contributed by atoms with van der Waals surface area (Å²) in [6.45, 7) is 5.88. The zero-order valence-corrected chi connectivity index (χ0v) is 15.4. The highest BCUT2D eigenvalue weighted by Gasteiger charge is 2.14. The van der Waals surface area contributed by atoms with Gasteiger partial charge in [0, 0.05) is 6.07 Å². The van der Waals surface area contributed by atoms with Gasteiger partial charge in [-0.05, 0) is 38.5 Å². The summed E-state index contributed by atoms with van der Waals surface area (Å²) in [5.41, 5.74) is 3.64. The van der Waals surface area contributed by atoms with Crippen molar-refractivity contribution in [1.29, 1.82) is 0 Å². The second-order valence-electron chi connectivity index (χ2n) is 6.48. The van der Waals surface area contributed by atoms with Gasteiger partial charge in [-0.25, -0.2) is 0 Å². The Morgan fingerprint density at radius 2 is 1.78 bits per heavy atom. The lowest BCUT2D eigenvalue weighted by molar-refractivity contribution is 0.301. The minimum Gasteiger partial charge on any atom is -0.489 e. The van der Waals surface area contributed by atoms with Crippen molar-refractivity contribution in [2.75, 3.05) is 0 Å². The van der Waals surface area contributed by atoms with Gasteiger partial charge >= 0.3 is 0 Å². The first-order valence-electron chi connectivity index (χ1n) is 8.72. The first-order valence-corrected chi connectivity index (χ1v) is 8.72. The van der Waals surface area contributed by atoms with Crippen molar-refractivity contribution in [2.45, 2.75) is 27.4 Å². The van der Waals surface area contributed by atoms with Crippen LogP contribution in [-0.2, 0) is 6.61 Å². The quantitative estimate of drug-likeness (QED) is 0.514. The summed E-state index contributed by atoms with van der Waals surface area (Å²) >= 11 is 0. The van der Waals surface area contributed by atoms with Crippen LogP contribution >= 0.6 is 0 Å². The lowest BCUT2D eigenvalue weighted by Crippen LogP contribution is -2.07. The molecule has 0 saturated heterocycles. The van der Waals surface area contributed by atoms with Crippen LogP contribution in [0.25, 0.3) is 22.1 Å². The Bertz CT molecular complexity index is 1150. The fourth-order valence-corrected chi connectivity index (χ4v) is 3.18. The predicted molar refractivity (Wildman–Crippen MR) is 103 cm³/mol. The first kappa shape index (κ1) is 17.1. The maximum atomic E-state index is 13.0. The molecule has 4 aromatic rings. The smallest absolute Gasteiger partial charge is 0.200 e. The maximum Gasteiger partial charge on any atom is 0.200 e. The van der Waals surface area contributed by atoms with E-state index in [1.165, 1.54) is 0 Å². The van der Waals surface area contributed by atoms with Crippen LogP contribution < -0.4 is 10.2 Å². The molecule has 0 fully saturated rings. The molecule has 0 aliphatic heterocycles. The van der Waals surface area contributed by atoms with Crippen molar-refractivity contribution < 1.29 is 13.7 Å². The van der Waals surface area contributed by atoms with Crippen molar-refractivity contribution in [2.24, 2.45) is 0 Å². The predicted octanol–water partition coefficient (Wildman–Crippen LogP) is 4.95. The molecule has 4 rings (SSSR count). The number of benzene rings is 2. The van der Waals surface area contributed by atoms with Gasteiger partial charge in [0.05, 0.1) is 22.2 Å². The lowest BCUT2D eigenvalue weighted by atomic mass is 10.0. The van der Waals surface area contributed by atoms with Gasteiger partial charge in [0.2, 0.25) is 5.43 Å². The van der Waals surface area contributed by atoms with Gasteiger partial charge in [0.25, 0.3) is 0 Å². The molecule has 2 aromatic carbocycles. The van der Waals surface area contributed by atoms with Crippen molar-refractivity contribution >= 4 is 11.0 Å². The van der Waals surface area contributed by atoms with Gasteiger partial charge in [-0.1, -0.05) is 35.5 Å². The largest absolute Gasteiger partial charge is 0.489 e. The summed E-state index contributed by atoms with van der Waals surface area (Å²) in [5, 5.41) is 4.46. The van der Waals surface area contributed by atoms with E-state index in [1.807, 2.05) is 44.2 Å². The van der Waals surface area contributed by atoms with Gasteiger partial charge < -0.3 is 13.7 Å². The molecule has 0 amide bonds. The number of aromatic nitrogens is 1. The Hall–Kier alpha value is -3.34. The average Bonchev–Trinajstić information content (AvgIpc) is 2.98. The van der Waals surface area contributed by atoms with Gasteiger partial charge in [-0.2, -0.15) is 0 Å². The molecule has 0 radical (unpaired) electrons. The van der Waals surface area contributed by atoms with Crippen LogP contribution in [0.4, 0.5) is 0 Å². The number of nitrogens with zero attached hydrogens (tertiary/aromatic N) is 1. The SMILES string of the molecule is Cc1noc(C)c1COc1ccc2c(=O)c(-c3ccccc3)c(C)oc2c1. The second-order valence-corrected chi connectivity index (χ2v) is 6.48. The Labute approximate surface area is 156 Å². The van der Waals surface area contributed by atoms with Crippen molar-refractivity contribution in [3.63, 3.8) is 0 Å². The minimum absolute atomic E-state index is 0.0442. The van der Waals surface area contributed by atoms with Crippen LogP contribution in [-0.4, -0.2) is 5.16 Å². The van der Waals surface area contributed by atoms with E-state index in [-0.39, 0.29) is 5.43 Å². The molecule has 0 unspecified atom stereocenters. The summed E-state index contributed by atoms with van der Waals surface area (Å²) in [5.74, 6) is 1.95. The highest BCUT2D eigenvalue weighted by atomic mass is 16.5. The highest BCUT2D eigenvalue weighted by molar-refractivity contribution is 5.83. The number of hydrogen-bond acceptors (Lipinski definition) is 5. The summed E-state index contributed by atoms with van der Waals surface area (Å²) in [6, 6.07) is 14.8. The average molecular weight is 361 g/mol. The Kier molecular flexibility index (Phi) is 4.28. The van der Waals surface area contributed by atoms with E-state index < -0.39 is 0 Å². The van der Waals surface area contributed by atoms with Crippen LogP contribution in [0.15, 0.2) is 62.3 Å². The Morgan fingerprint density at radius 3 is 2.48 bits per heavy atom. The van der Waals surface area contributed by atoms with E-state index in [4.69, 9.17) is 13.7 Å². The Balaban J connectivity index is 1.70. The molecule has 0 N–H and O–H groups in total. The first-order chi connectivity index (χ1) is 13.0.